The molecule has 0 aliphatic heterocycles. The number of fused-ring (bicyclic) bond motifs is 1. The number of benzene rings is 1. The molecular formula is C14H13N5. The van der Waals surface area contributed by atoms with Crippen LogP contribution in [-0.2, 0) is 0 Å². The summed E-state index contributed by atoms with van der Waals surface area (Å²) < 4.78 is 0. The van der Waals surface area contributed by atoms with Crippen molar-refractivity contribution < 1.29 is 0 Å². The third kappa shape index (κ3) is 2.30. The molecule has 2 aromatic heterocycles. The minimum atomic E-state index is 0.590. The minimum Gasteiger partial charge on any atom is -0.397 e. The van der Waals surface area contributed by atoms with Crippen LogP contribution in [0.2, 0.25) is 0 Å². The highest BCUT2D eigenvalue weighted by atomic mass is 15.0. The smallest absolute Gasteiger partial charge is 0.180 e. The topological polar surface area (TPSA) is 76.7 Å². The maximum absolute atomic E-state index is 5.80. The molecule has 0 unspecified atom stereocenters. The van der Waals surface area contributed by atoms with E-state index in [2.05, 4.69) is 20.3 Å². The first kappa shape index (κ1) is 11.4. The van der Waals surface area contributed by atoms with Crippen molar-refractivity contribution in [3.8, 4) is 0 Å². The second kappa shape index (κ2) is 4.53. The molecule has 5 heteroatoms. The summed E-state index contributed by atoms with van der Waals surface area (Å²) in [6.45, 7) is 1.85. The molecule has 0 saturated heterocycles. The van der Waals surface area contributed by atoms with Gasteiger partial charge in [-0.05, 0) is 25.1 Å². The van der Waals surface area contributed by atoms with E-state index in [1.54, 1.807) is 12.3 Å². The molecule has 0 aliphatic carbocycles. The number of nitrogens with two attached hydrogens (primary N) is 1. The molecule has 3 aromatic rings. The van der Waals surface area contributed by atoms with E-state index < -0.39 is 0 Å². The molecule has 2 heterocycles. The number of rotatable bonds is 2. The van der Waals surface area contributed by atoms with Gasteiger partial charge in [0, 0.05) is 5.69 Å². The number of anilines is 3. The zero-order valence-corrected chi connectivity index (χ0v) is 10.5. The minimum absolute atomic E-state index is 0.590. The number of nitrogens with one attached hydrogen (secondary N) is 1. The first-order valence-corrected chi connectivity index (χ1v) is 5.94. The summed E-state index contributed by atoms with van der Waals surface area (Å²) in [4.78, 5) is 13.1. The predicted molar refractivity (Wildman–Crippen MR) is 76.2 cm³/mol. The predicted octanol–water partition coefficient (Wildman–Crippen LogP) is 2.66. The van der Waals surface area contributed by atoms with E-state index in [1.807, 2.05) is 37.3 Å². The largest absolute Gasteiger partial charge is 0.397 e. The van der Waals surface area contributed by atoms with Crippen molar-refractivity contribution in [2.24, 2.45) is 0 Å². The molecule has 5 nitrogen and oxygen atoms in total. The van der Waals surface area contributed by atoms with E-state index >= 15 is 0 Å². The highest BCUT2D eigenvalue weighted by Gasteiger charge is 2.04. The van der Waals surface area contributed by atoms with Crippen molar-refractivity contribution in [3.05, 3.63) is 48.3 Å². The number of nitrogen functional groups attached to an aromatic ring is 1. The monoisotopic (exact) mass is 251 g/mol. The Morgan fingerprint density at radius 1 is 1.11 bits per heavy atom. The van der Waals surface area contributed by atoms with Gasteiger partial charge in [-0.15, -0.1) is 0 Å². The zero-order chi connectivity index (χ0) is 13.2. The summed E-state index contributed by atoms with van der Waals surface area (Å²) in [5.74, 6) is 0.662. The number of nitrogens with zero attached hydrogens (tertiary/aromatic N) is 3. The molecule has 0 radical (unpaired) electrons. The Kier molecular flexibility index (Phi) is 2.72. The van der Waals surface area contributed by atoms with Gasteiger partial charge in [-0.1, -0.05) is 18.2 Å². The summed E-state index contributed by atoms with van der Waals surface area (Å²) in [7, 11) is 0. The van der Waals surface area contributed by atoms with Gasteiger partial charge in [0.1, 0.15) is 5.52 Å². The molecule has 0 saturated carbocycles. The Morgan fingerprint density at radius 2 is 1.89 bits per heavy atom. The second-order valence-corrected chi connectivity index (χ2v) is 4.25. The van der Waals surface area contributed by atoms with Gasteiger partial charge in [-0.2, -0.15) is 0 Å². The van der Waals surface area contributed by atoms with E-state index in [1.165, 1.54) is 0 Å². The quantitative estimate of drug-likeness (QED) is 0.732. The fourth-order valence-corrected chi connectivity index (χ4v) is 1.78. The van der Waals surface area contributed by atoms with Gasteiger partial charge in [-0.25, -0.2) is 15.0 Å². The van der Waals surface area contributed by atoms with Gasteiger partial charge in [0.25, 0.3) is 0 Å². The number of pyridine rings is 1. The number of aryl methyl sites for hydroxylation is 1. The summed E-state index contributed by atoms with van der Waals surface area (Å²) in [5, 5.41) is 3.19. The standard InChI is InChI=1S/C14H13N5/c1-9-11(15)7-12-14(17-9)19-13(8-16-12)18-10-5-3-2-4-6-10/h2-8H,15H2,1H3,(H,17,18,19). The van der Waals surface area contributed by atoms with Crippen LogP contribution in [-0.4, -0.2) is 15.0 Å². The van der Waals surface area contributed by atoms with Gasteiger partial charge in [-0.3, -0.25) is 0 Å². The maximum atomic E-state index is 5.80. The normalized spacial score (nSPS) is 10.6. The molecule has 0 aliphatic rings. The maximum Gasteiger partial charge on any atom is 0.180 e. The summed E-state index contributed by atoms with van der Waals surface area (Å²) in [6.07, 6.45) is 1.67. The summed E-state index contributed by atoms with van der Waals surface area (Å²) in [6, 6.07) is 11.6. The molecular weight excluding hydrogens is 238 g/mol. The van der Waals surface area contributed by atoms with Gasteiger partial charge in [0.15, 0.2) is 11.5 Å². The van der Waals surface area contributed by atoms with E-state index in [4.69, 9.17) is 5.73 Å². The zero-order valence-electron chi connectivity index (χ0n) is 10.5. The second-order valence-electron chi connectivity index (χ2n) is 4.25. The van der Waals surface area contributed by atoms with Crippen LogP contribution in [0.25, 0.3) is 11.2 Å². The first-order chi connectivity index (χ1) is 9.22. The number of hydrogen-bond donors (Lipinski definition) is 2. The van der Waals surface area contributed by atoms with Gasteiger partial charge < -0.3 is 11.1 Å². The molecule has 94 valence electrons. The molecule has 0 atom stereocenters. The Hall–Kier alpha value is -2.69. The van der Waals surface area contributed by atoms with Gasteiger partial charge in [0.05, 0.1) is 17.6 Å². The summed E-state index contributed by atoms with van der Waals surface area (Å²) >= 11 is 0. The molecule has 0 spiro atoms. The van der Waals surface area contributed by atoms with Crippen molar-refractivity contribution in [1.29, 1.82) is 0 Å². The van der Waals surface area contributed by atoms with Crippen LogP contribution in [0.5, 0.6) is 0 Å². The number of aromatic nitrogens is 3. The lowest BCUT2D eigenvalue weighted by molar-refractivity contribution is 1.17. The fourth-order valence-electron chi connectivity index (χ4n) is 1.78. The molecule has 0 bridgehead atoms. The van der Waals surface area contributed by atoms with E-state index in [0.717, 1.165) is 11.4 Å². The Balaban J connectivity index is 2.00. The average Bonchev–Trinajstić information content (AvgIpc) is 2.42. The first-order valence-electron chi connectivity index (χ1n) is 5.94. The highest BCUT2D eigenvalue weighted by Crippen LogP contribution is 2.18. The highest BCUT2D eigenvalue weighted by molar-refractivity contribution is 5.76. The Bertz CT molecular complexity index is 724. The van der Waals surface area contributed by atoms with E-state index in [0.29, 0.717) is 22.7 Å². The Morgan fingerprint density at radius 3 is 2.68 bits per heavy atom. The van der Waals surface area contributed by atoms with Crippen LogP contribution < -0.4 is 11.1 Å². The SMILES string of the molecule is Cc1nc2nc(Nc3ccccc3)cnc2cc1N. The van der Waals surface area contributed by atoms with Gasteiger partial charge >= 0.3 is 0 Å². The lowest BCUT2D eigenvalue weighted by Crippen LogP contribution is -1.99. The van der Waals surface area contributed by atoms with Crippen LogP contribution >= 0.6 is 0 Å². The van der Waals surface area contributed by atoms with Crippen molar-refractivity contribution in [2.75, 3.05) is 11.1 Å². The summed E-state index contributed by atoms with van der Waals surface area (Å²) in [5.41, 5.74) is 9.44. The van der Waals surface area contributed by atoms with Crippen LogP contribution in [0.15, 0.2) is 42.6 Å². The third-order valence-corrected chi connectivity index (χ3v) is 2.81. The molecule has 0 fully saturated rings. The van der Waals surface area contributed by atoms with E-state index in [-0.39, 0.29) is 0 Å². The number of hydrogen-bond acceptors (Lipinski definition) is 5. The van der Waals surface area contributed by atoms with Gasteiger partial charge in [0.2, 0.25) is 0 Å². The lowest BCUT2D eigenvalue weighted by atomic mass is 10.3. The third-order valence-electron chi connectivity index (χ3n) is 2.81. The van der Waals surface area contributed by atoms with Crippen molar-refractivity contribution >= 4 is 28.4 Å². The molecule has 3 rings (SSSR count). The van der Waals surface area contributed by atoms with Crippen molar-refractivity contribution in [3.63, 3.8) is 0 Å². The van der Waals surface area contributed by atoms with E-state index in [9.17, 15) is 0 Å². The molecule has 1 aromatic carbocycles. The fraction of sp³-hybridized carbons (Fsp3) is 0.0714. The van der Waals surface area contributed by atoms with Crippen LogP contribution in [0, 0.1) is 6.92 Å². The van der Waals surface area contributed by atoms with Crippen molar-refractivity contribution in [1.82, 2.24) is 15.0 Å². The molecule has 19 heavy (non-hydrogen) atoms. The Labute approximate surface area is 110 Å². The van der Waals surface area contributed by atoms with Crippen molar-refractivity contribution in [2.45, 2.75) is 6.92 Å². The molecule has 3 N–H and O–H groups in total. The molecule has 0 amide bonds. The average molecular weight is 251 g/mol. The van der Waals surface area contributed by atoms with Crippen LogP contribution in [0.4, 0.5) is 17.2 Å². The number of para-hydroxylation sites is 1. The van der Waals surface area contributed by atoms with Crippen LogP contribution in [0.3, 0.4) is 0 Å². The lowest BCUT2D eigenvalue weighted by Gasteiger charge is -2.06. The van der Waals surface area contributed by atoms with Crippen LogP contribution in [0.1, 0.15) is 5.69 Å².